The molecule has 0 saturated heterocycles. The second-order valence-corrected chi connectivity index (χ2v) is 5.78. The van der Waals surface area contributed by atoms with Gasteiger partial charge in [0, 0.05) is 12.1 Å². The molecular weight excluding hydrogens is 210 g/mol. The Morgan fingerprint density at radius 1 is 1.18 bits per heavy atom. The fraction of sp³-hybridized carbons (Fsp3) is 0.600. The van der Waals surface area contributed by atoms with Crippen LogP contribution in [0.5, 0.6) is 0 Å². The molecule has 1 N–H and O–H groups in total. The van der Waals surface area contributed by atoms with E-state index >= 15 is 0 Å². The highest BCUT2D eigenvalue weighted by Crippen LogP contribution is 2.09. The Balaban J connectivity index is 2.54. The molecule has 0 aromatic heterocycles. The van der Waals surface area contributed by atoms with E-state index in [0.717, 1.165) is 6.54 Å². The topological polar surface area (TPSA) is 21.3 Å². The van der Waals surface area contributed by atoms with E-state index in [1.165, 1.54) is 11.1 Å². The lowest BCUT2D eigenvalue weighted by molar-refractivity contribution is 0.0657. The lowest BCUT2D eigenvalue weighted by atomic mass is 10.1. The number of hydrogen-bond donors (Lipinski definition) is 1. The molecular formula is C15H25NO. The second-order valence-electron chi connectivity index (χ2n) is 5.78. The highest BCUT2D eigenvalue weighted by molar-refractivity contribution is 5.23. The van der Waals surface area contributed by atoms with E-state index < -0.39 is 0 Å². The minimum absolute atomic E-state index is 0.157. The summed E-state index contributed by atoms with van der Waals surface area (Å²) in [5, 5.41) is 3.49. The minimum Gasteiger partial charge on any atom is -0.374 e. The molecule has 1 aromatic rings. The van der Waals surface area contributed by atoms with Crippen molar-refractivity contribution in [3.63, 3.8) is 0 Å². The summed E-state index contributed by atoms with van der Waals surface area (Å²) in [5.74, 6) is 0. The van der Waals surface area contributed by atoms with Gasteiger partial charge in [-0.25, -0.2) is 0 Å². The summed E-state index contributed by atoms with van der Waals surface area (Å²) in [5.41, 5.74) is 2.71. The van der Waals surface area contributed by atoms with E-state index in [9.17, 15) is 0 Å². The zero-order chi connectivity index (χ0) is 12.9. The largest absolute Gasteiger partial charge is 0.374 e. The highest BCUT2D eigenvalue weighted by atomic mass is 16.5. The van der Waals surface area contributed by atoms with Gasteiger partial charge in [-0.05, 0) is 45.7 Å². The van der Waals surface area contributed by atoms with Crippen LogP contribution in [0.25, 0.3) is 0 Å². The van der Waals surface area contributed by atoms with Gasteiger partial charge in [-0.2, -0.15) is 0 Å². The first kappa shape index (κ1) is 14.2. The molecule has 0 saturated carbocycles. The molecule has 0 bridgehead atoms. The van der Waals surface area contributed by atoms with Crippen molar-refractivity contribution in [1.82, 2.24) is 5.32 Å². The van der Waals surface area contributed by atoms with Gasteiger partial charge in [0.1, 0.15) is 0 Å². The standard InChI is InChI=1S/C15H25NO/c1-12(2)17-11-14-8-6-7-13(9-14)10-16-15(3,4)5/h6-9,12,16H,10-11H2,1-5H3. The Bertz CT molecular complexity index is 339. The van der Waals surface area contributed by atoms with E-state index in [0.29, 0.717) is 6.61 Å². The fourth-order valence-electron chi connectivity index (χ4n) is 1.46. The first-order valence-corrected chi connectivity index (χ1v) is 6.31. The molecule has 2 heteroatoms. The Morgan fingerprint density at radius 3 is 2.41 bits per heavy atom. The molecule has 0 aliphatic heterocycles. The molecule has 2 nitrogen and oxygen atoms in total. The third-order valence-corrected chi connectivity index (χ3v) is 2.40. The van der Waals surface area contributed by atoms with Crippen molar-refractivity contribution in [2.45, 2.75) is 59.4 Å². The van der Waals surface area contributed by atoms with Crippen LogP contribution in [-0.4, -0.2) is 11.6 Å². The quantitative estimate of drug-likeness (QED) is 0.843. The van der Waals surface area contributed by atoms with Gasteiger partial charge < -0.3 is 10.1 Å². The molecule has 0 unspecified atom stereocenters. The lowest BCUT2D eigenvalue weighted by Crippen LogP contribution is -2.35. The van der Waals surface area contributed by atoms with Crippen molar-refractivity contribution < 1.29 is 4.74 Å². The van der Waals surface area contributed by atoms with Gasteiger partial charge in [0.25, 0.3) is 0 Å². The van der Waals surface area contributed by atoms with Gasteiger partial charge in [-0.15, -0.1) is 0 Å². The van der Waals surface area contributed by atoms with Crippen molar-refractivity contribution in [3.05, 3.63) is 35.4 Å². The number of benzene rings is 1. The van der Waals surface area contributed by atoms with Crippen LogP contribution in [0, 0.1) is 0 Å². The average molecular weight is 235 g/mol. The normalized spacial score (nSPS) is 12.1. The first-order valence-electron chi connectivity index (χ1n) is 6.31. The predicted octanol–water partition coefficient (Wildman–Crippen LogP) is 3.50. The van der Waals surface area contributed by atoms with Crippen LogP contribution in [0.4, 0.5) is 0 Å². The Labute approximate surface area is 105 Å². The van der Waals surface area contributed by atoms with Crippen molar-refractivity contribution in [2.24, 2.45) is 0 Å². The van der Waals surface area contributed by atoms with Gasteiger partial charge >= 0.3 is 0 Å². The smallest absolute Gasteiger partial charge is 0.0720 e. The van der Waals surface area contributed by atoms with Crippen LogP contribution < -0.4 is 5.32 Å². The maximum Gasteiger partial charge on any atom is 0.0720 e. The molecule has 17 heavy (non-hydrogen) atoms. The zero-order valence-electron chi connectivity index (χ0n) is 11.7. The highest BCUT2D eigenvalue weighted by Gasteiger charge is 2.08. The van der Waals surface area contributed by atoms with E-state index in [1.54, 1.807) is 0 Å². The average Bonchev–Trinajstić information content (AvgIpc) is 2.23. The summed E-state index contributed by atoms with van der Waals surface area (Å²) in [6, 6.07) is 8.57. The van der Waals surface area contributed by atoms with Gasteiger partial charge in [0.2, 0.25) is 0 Å². The molecule has 0 aliphatic carbocycles. The summed E-state index contributed by atoms with van der Waals surface area (Å²) in [6.45, 7) is 12.3. The van der Waals surface area contributed by atoms with Gasteiger partial charge in [0.15, 0.2) is 0 Å². The van der Waals surface area contributed by atoms with Crippen molar-refractivity contribution in [2.75, 3.05) is 0 Å². The van der Waals surface area contributed by atoms with Crippen molar-refractivity contribution in [3.8, 4) is 0 Å². The maximum atomic E-state index is 5.61. The van der Waals surface area contributed by atoms with Gasteiger partial charge in [-0.3, -0.25) is 0 Å². The number of nitrogens with one attached hydrogen (secondary N) is 1. The number of hydrogen-bond acceptors (Lipinski definition) is 2. The van der Waals surface area contributed by atoms with E-state index in [4.69, 9.17) is 4.74 Å². The molecule has 0 spiro atoms. The molecule has 0 radical (unpaired) electrons. The Morgan fingerprint density at radius 2 is 1.82 bits per heavy atom. The molecule has 0 aliphatic rings. The maximum absolute atomic E-state index is 5.61. The molecule has 0 fully saturated rings. The molecule has 0 atom stereocenters. The van der Waals surface area contributed by atoms with Crippen LogP contribution in [-0.2, 0) is 17.9 Å². The van der Waals surface area contributed by atoms with Crippen LogP contribution in [0.1, 0.15) is 45.7 Å². The van der Waals surface area contributed by atoms with Gasteiger partial charge in [-0.1, -0.05) is 24.3 Å². The van der Waals surface area contributed by atoms with Crippen LogP contribution in [0.3, 0.4) is 0 Å². The van der Waals surface area contributed by atoms with Crippen LogP contribution in [0.15, 0.2) is 24.3 Å². The Hall–Kier alpha value is -0.860. The summed E-state index contributed by atoms with van der Waals surface area (Å²) >= 11 is 0. The molecule has 0 amide bonds. The van der Waals surface area contributed by atoms with Crippen molar-refractivity contribution >= 4 is 0 Å². The zero-order valence-corrected chi connectivity index (χ0v) is 11.7. The monoisotopic (exact) mass is 235 g/mol. The van der Waals surface area contributed by atoms with E-state index in [1.807, 2.05) is 0 Å². The van der Waals surface area contributed by atoms with Gasteiger partial charge in [0.05, 0.1) is 12.7 Å². The molecule has 0 heterocycles. The number of ether oxygens (including phenoxy) is 1. The fourth-order valence-corrected chi connectivity index (χ4v) is 1.46. The third kappa shape index (κ3) is 6.44. The summed E-state index contributed by atoms with van der Waals surface area (Å²) in [7, 11) is 0. The Kier molecular flexibility index (Phi) is 5.16. The summed E-state index contributed by atoms with van der Waals surface area (Å²) in [6.07, 6.45) is 0.284. The van der Waals surface area contributed by atoms with Crippen LogP contribution >= 0.6 is 0 Å². The minimum atomic E-state index is 0.157. The lowest BCUT2D eigenvalue weighted by Gasteiger charge is -2.20. The van der Waals surface area contributed by atoms with Crippen LogP contribution in [0.2, 0.25) is 0 Å². The SMILES string of the molecule is CC(C)OCc1cccc(CNC(C)(C)C)c1. The first-order chi connectivity index (χ1) is 7.87. The second kappa shape index (κ2) is 6.18. The summed E-state index contributed by atoms with van der Waals surface area (Å²) in [4.78, 5) is 0. The van der Waals surface area contributed by atoms with E-state index in [-0.39, 0.29) is 11.6 Å². The van der Waals surface area contributed by atoms with Crippen molar-refractivity contribution in [1.29, 1.82) is 0 Å². The molecule has 1 rings (SSSR count). The molecule has 96 valence electrons. The number of rotatable bonds is 5. The summed E-state index contributed by atoms with van der Waals surface area (Å²) < 4.78 is 5.61. The predicted molar refractivity (Wildman–Crippen MR) is 73.0 cm³/mol. The molecule has 1 aromatic carbocycles. The van der Waals surface area contributed by atoms with E-state index in [2.05, 4.69) is 64.2 Å². The third-order valence-electron chi connectivity index (χ3n) is 2.40.